The van der Waals surface area contributed by atoms with Crippen molar-refractivity contribution < 1.29 is 19.5 Å². The molecule has 1 aromatic rings. The molecule has 7 nitrogen and oxygen atoms in total. The fourth-order valence-corrected chi connectivity index (χ4v) is 9.05. The van der Waals surface area contributed by atoms with Crippen LogP contribution in [0.4, 0.5) is 5.69 Å². The first-order chi connectivity index (χ1) is 17.8. The number of aliphatic hydroxyl groups excluding tert-OH is 1. The summed E-state index contributed by atoms with van der Waals surface area (Å²) < 4.78 is -0.727. The molecule has 9 heteroatoms. The summed E-state index contributed by atoms with van der Waals surface area (Å²) in [5.74, 6) is -1.61. The summed E-state index contributed by atoms with van der Waals surface area (Å²) in [6.07, 6.45) is 5.59. The SMILES string of the molecule is C=CCN(CCC)C(=O)[C@@H]1[C@H]2C(=O)N(CCO)C(C(=O)N(CC=C)c3c(C)cccc3Cl)C23CC[C@H]1S3. The van der Waals surface area contributed by atoms with Crippen LogP contribution in [0.1, 0.15) is 31.7 Å². The largest absolute Gasteiger partial charge is 0.395 e. The smallest absolute Gasteiger partial charge is 0.251 e. The number of carbonyl (C=O) groups excluding carboxylic acids is 3. The summed E-state index contributed by atoms with van der Waals surface area (Å²) in [5, 5.41) is 10.3. The van der Waals surface area contributed by atoms with Crippen LogP contribution in [0.15, 0.2) is 43.5 Å². The number of likely N-dealkylation sites (tertiary alicyclic amines) is 1. The Bertz CT molecular complexity index is 1080. The van der Waals surface area contributed by atoms with Gasteiger partial charge in [-0.25, -0.2) is 0 Å². The number of benzene rings is 1. The first-order valence-electron chi connectivity index (χ1n) is 12.9. The van der Waals surface area contributed by atoms with E-state index in [0.29, 0.717) is 30.2 Å². The van der Waals surface area contributed by atoms with Crippen LogP contribution in [-0.2, 0) is 14.4 Å². The van der Waals surface area contributed by atoms with Crippen molar-refractivity contribution in [2.24, 2.45) is 11.8 Å². The number of amides is 3. The summed E-state index contributed by atoms with van der Waals surface area (Å²) in [6.45, 7) is 12.6. The van der Waals surface area contributed by atoms with E-state index < -0.39 is 22.6 Å². The van der Waals surface area contributed by atoms with Crippen LogP contribution in [0.25, 0.3) is 0 Å². The Balaban J connectivity index is 1.78. The molecule has 3 aliphatic heterocycles. The minimum absolute atomic E-state index is 0.0212. The van der Waals surface area contributed by atoms with Crippen molar-refractivity contribution in [2.75, 3.05) is 37.7 Å². The lowest BCUT2D eigenvalue weighted by Crippen LogP contribution is -2.55. The van der Waals surface area contributed by atoms with Gasteiger partial charge in [0.05, 0.1) is 33.9 Å². The van der Waals surface area contributed by atoms with Crippen LogP contribution >= 0.6 is 23.4 Å². The fraction of sp³-hybridized carbons (Fsp3) is 0.536. The number of hydrogen-bond donors (Lipinski definition) is 1. The molecule has 200 valence electrons. The third-order valence-corrected chi connectivity index (χ3v) is 10.1. The van der Waals surface area contributed by atoms with E-state index in [4.69, 9.17) is 11.6 Å². The third kappa shape index (κ3) is 4.51. The topological polar surface area (TPSA) is 81.2 Å². The number of rotatable bonds is 11. The molecule has 1 spiro atoms. The normalized spacial score (nSPS) is 27.8. The number of fused-ring (bicyclic) bond motifs is 1. The van der Waals surface area contributed by atoms with E-state index in [1.807, 2.05) is 26.0 Å². The lowest BCUT2D eigenvalue weighted by atomic mass is 9.70. The van der Waals surface area contributed by atoms with Gasteiger partial charge in [0.1, 0.15) is 6.04 Å². The molecule has 1 N–H and O–H groups in total. The summed E-state index contributed by atoms with van der Waals surface area (Å²) >= 11 is 8.20. The van der Waals surface area contributed by atoms with Crippen LogP contribution < -0.4 is 4.90 Å². The molecule has 1 aromatic carbocycles. The quantitative estimate of drug-likeness (QED) is 0.429. The maximum Gasteiger partial charge on any atom is 0.251 e. The van der Waals surface area contributed by atoms with Crippen molar-refractivity contribution in [2.45, 2.75) is 49.1 Å². The van der Waals surface area contributed by atoms with E-state index in [9.17, 15) is 19.5 Å². The summed E-state index contributed by atoms with van der Waals surface area (Å²) in [7, 11) is 0. The Morgan fingerprint density at radius 3 is 2.62 bits per heavy atom. The second-order valence-corrected chi connectivity index (χ2v) is 12.0. The molecular formula is C28H36ClN3O4S. The van der Waals surface area contributed by atoms with Crippen molar-refractivity contribution >= 4 is 46.8 Å². The molecule has 3 saturated heterocycles. The molecule has 3 heterocycles. The molecular weight excluding hydrogens is 510 g/mol. The van der Waals surface area contributed by atoms with Crippen molar-refractivity contribution in [3.05, 3.63) is 54.1 Å². The van der Waals surface area contributed by atoms with E-state index in [0.717, 1.165) is 18.4 Å². The van der Waals surface area contributed by atoms with Gasteiger partial charge in [-0.2, -0.15) is 0 Å². The minimum atomic E-state index is -0.806. The number of para-hydroxylation sites is 1. The summed E-state index contributed by atoms with van der Waals surface area (Å²) in [6, 6.07) is 4.66. The van der Waals surface area contributed by atoms with Gasteiger partial charge in [-0.05, 0) is 37.8 Å². The molecule has 2 unspecified atom stereocenters. The number of hydrogen-bond acceptors (Lipinski definition) is 5. The van der Waals surface area contributed by atoms with Crippen LogP contribution in [0.2, 0.25) is 5.02 Å². The summed E-state index contributed by atoms with van der Waals surface area (Å²) in [4.78, 5) is 47.1. The van der Waals surface area contributed by atoms with Gasteiger partial charge in [0, 0.05) is 31.4 Å². The average Bonchev–Trinajstić information content (AvgIpc) is 3.50. The zero-order valence-electron chi connectivity index (χ0n) is 21.6. The van der Waals surface area contributed by atoms with Crippen molar-refractivity contribution in [3.63, 3.8) is 0 Å². The van der Waals surface area contributed by atoms with Gasteiger partial charge < -0.3 is 19.8 Å². The van der Waals surface area contributed by atoms with E-state index in [1.54, 1.807) is 39.8 Å². The molecule has 0 aliphatic carbocycles. The van der Waals surface area contributed by atoms with Crippen LogP contribution in [-0.4, -0.2) is 81.5 Å². The molecule has 0 radical (unpaired) electrons. The lowest BCUT2D eigenvalue weighted by Gasteiger charge is -2.38. The summed E-state index contributed by atoms with van der Waals surface area (Å²) in [5.41, 5.74) is 1.43. The molecule has 3 amide bonds. The molecule has 37 heavy (non-hydrogen) atoms. The van der Waals surface area contributed by atoms with Gasteiger partial charge >= 0.3 is 0 Å². The second-order valence-electron chi connectivity index (χ2n) is 10.0. The Labute approximate surface area is 228 Å². The van der Waals surface area contributed by atoms with Crippen LogP contribution in [0.3, 0.4) is 0 Å². The molecule has 3 fully saturated rings. The van der Waals surface area contributed by atoms with Crippen molar-refractivity contribution in [1.29, 1.82) is 0 Å². The molecule has 5 atom stereocenters. The number of nitrogens with zero attached hydrogens (tertiary/aromatic N) is 3. The second kappa shape index (κ2) is 11.2. The van der Waals surface area contributed by atoms with Crippen molar-refractivity contribution in [1.82, 2.24) is 9.80 Å². The number of aryl methyl sites for hydroxylation is 1. The Morgan fingerprint density at radius 1 is 1.27 bits per heavy atom. The molecule has 4 rings (SSSR count). The van der Waals surface area contributed by atoms with Crippen LogP contribution in [0.5, 0.6) is 0 Å². The maximum absolute atomic E-state index is 14.4. The zero-order chi connectivity index (χ0) is 26.9. The average molecular weight is 546 g/mol. The Morgan fingerprint density at radius 2 is 2.00 bits per heavy atom. The highest BCUT2D eigenvalue weighted by molar-refractivity contribution is 8.02. The molecule has 2 bridgehead atoms. The minimum Gasteiger partial charge on any atom is -0.395 e. The number of β-amino-alcohol motifs (C(OH)–C–C–N with tert-alkyl or cyclic N) is 1. The van der Waals surface area contributed by atoms with E-state index in [-0.39, 0.29) is 42.7 Å². The molecule has 0 aromatic heterocycles. The van der Waals surface area contributed by atoms with Gasteiger partial charge in [0.2, 0.25) is 11.8 Å². The third-order valence-electron chi connectivity index (χ3n) is 7.85. The highest BCUT2D eigenvalue weighted by Gasteiger charge is 2.74. The van der Waals surface area contributed by atoms with Gasteiger partial charge in [-0.3, -0.25) is 14.4 Å². The Hall–Kier alpha value is -2.29. The predicted octanol–water partition coefficient (Wildman–Crippen LogP) is 3.68. The number of halogens is 1. The van der Waals surface area contributed by atoms with Crippen molar-refractivity contribution in [3.8, 4) is 0 Å². The predicted molar refractivity (Wildman–Crippen MR) is 149 cm³/mol. The van der Waals surface area contributed by atoms with Gasteiger partial charge in [-0.15, -0.1) is 24.9 Å². The van der Waals surface area contributed by atoms with Gasteiger partial charge in [-0.1, -0.05) is 42.8 Å². The Kier molecular flexibility index (Phi) is 8.41. The van der Waals surface area contributed by atoms with E-state index in [2.05, 4.69) is 13.2 Å². The van der Waals surface area contributed by atoms with Gasteiger partial charge in [0.15, 0.2) is 0 Å². The maximum atomic E-state index is 14.4. The standard InChI is InChI=1S/C28H36ClN3O4S/c1-5-13-30(14-6-2)25(34)21-20-11-12-28(37-20)22(21)26(35)32(16-17-33)24(28)27(36)31(15-7-3)23-18(4)9-8-10-19(23)29/h5,7-10,20-22,24,33H,1,3,6,11-17H2,2,4H3/t20-,21+,22+,24?,28?/m1/s1. The highest BCUT2D eigenvalue weighted by Crippen LogP contribution is 2.66. The lowest BCUT2D eigenvalue weighted by molar-refractivity contribution is -0.144. The zero-order valence-corrected chi connectivity index (χ0v) is 23.1. The van der Waals surface area contributed by atoms with E-state index >= 15 is 0 Å². The number of aliphatic hydroxyl groups is 1. The van der Waals surface area contributed by atoms with E-state index in [1.165, 1.54) is 4.90 Å². The fourth-order valence-electron chi connectivity index (χ4n) is 6.52. The number of carbonyl (C=O) groups is 3. The number of thioether (sulfide) groups is 1. The highest BCUT2D eigenvalue weighted by atomic mass is 35.5. The first kappa shape index (κ1) is 27.7. The monoisotopic (exact) mass is 545 g/mol. The molecule has 3 aliphatic rings. The van der Waals surface area contributed by atoms with Gasteiger partial charge in [0.25, 0.3) is 5.91 Å². The van der Waals surface area contributed by atoms with Crippen LogP contribution in [0, 0.1) is 18.8 Å². The molecule has 0 saturated carbocycles. The first-order valence-corrected chi connectivity index (χ1v) is 14.2. The number of anilines is 1.